The van der Waals surface area contributed by atoms with E-state index in [1.165, 1.54) is 31.5 Å². The summed E-state index contributed by atoms with van der Waals surface area (Å²) in [5, 5.41) is 3.23. The molecular formula is C24H30N2O2. The molecule has 1 saturated heterocycles. The second-order valence-corrected chi connectivity index (χ2v) is 8.81. The number of carbonyl (C=O) groups excluding carboxylic acids is 1. The van der Waals surface area contributed by atoms with Gasteiger partial charge in [-0.15, -0.1) is 0 Å². The van der Waals surface area contributed by atoms with Crippen molar-refractivity contribution < 1.29 is 9.53 Å². The summed E-state index contributed by atoms with van der Waals surface area (Å²) in [6.07, 6.45) is 3.34. The van der Waals surface area contributed by atoms with Crippen molar-refractivity contribution >= 4 is 5.91 Å². The van der Waals surface area contributed by atoms with Crippen LogP contribution in [0.15, 0.2) is 42.5 Å². The molecule has 0 spiro atoms. The van der Waals surface area contributed by atoms with Crippen LogP contribution in [0.4, 0.5) is 0 Å². The average molecular weight is 379 g/mol. The zero-order chi connectivity index (χ0) is 19.7. The highest BCUT2D eigenvalue weighted by Crippen LogP contribution is 2.40. The van der Waals surface area contributed by atoms with Gasteiger partial charge in [0, 0.05) is 24.1 Å². The predicted octanol–water partition coefficient (Wildman–Crippen LogP) is 4.62. The van der Waals surface area contributed by atoms with Crippen LogP contribution in [0.2, 0.25) is 0 Å². The molecule has 1 N–H and O–H groups in total. The number of hydrogen-bond donors (Lipinski definition) is 1. The van der Waals surface area contributed by atoms with Crippen LogP contribution in [0.1, 0.15) is 66.2 Å². The fourth-order valence-electron chi connectivity index (χ4n) is 4.29. The first kappa shape index (κ1) is 19.0. The van der Waals surface area contributed by atoms with Crippen LogP contribution in [0.25, 0.3) is 0 Å². The normalized spacial score (nSPS) is 21.0. The van der Waals surface area contributed by atoms with E-state index in [9.17, 15) is 4.79 Å². The van der Waals surface area contributed by atoms with Crippen molar-refractivity contribution in [1.82, 2.24) is 10.2 Å². The second-order valence-electron chi connectivity index (χ2n) is 8.81. The molecule has 1 fully saturated rings. The lowest BCUT2D eigenvalue weighted by Gasteiger charge is -2.38. The lowest BCUT2D eigenvalue weighted by atomic mass is 9.89. The molecule has 2 aromatic rings. The third kappa shape index (κ3) is 4.22. The molecule has 2 aliphatic rings. The van der Waals surface area contributed by atoms with Crippen molar-refractivity contribution in [3.63, 3.8) is 0 Å². The minimum absolute atomic E-state index is 0.0260. The molecule has 1 amide bonds. The van der Waals surface area contributed by atoms with Gasteiger partial charge in [0.05, 0.1) is 6.04 Å². The summed E-state index contributed by atoms with van der Waals surface area (Å²) in [4.78, 5) is 15.4. The van der Waals surface area contributed by atoms with Gasteiger partial charge in [0.25, 0.3) is 5.91 Å². The summed E-state index contributed by atoms with van der Waals surface area (Å²) in [7, 11) is 0. The van der Waals surface area contributed by atoms with E-state index >= 15 is 0 Å². The number of carbonyl (C=O) groups is 1. The van der Waals surface area contributed by atoms with Gasteiger partial charge in [0.15, 0.2) is 0 Å². The summed E-state index contributed by atoms with van der Waals surface area (Å²) < 4.78 is 6.14. The number of fused-ring (bicyclic) bond motifs is 1. The van der Waals surface area contributed by atoms with E-state index in [1.54, 1.807) is 0 Å². The summed E-state index contributed by atoms with van der Waals surface area (Å²) in [6.45, 7) is 9.54. The molecule has 0 radical (unpaired) electrons. The van der Waals surface area contributed by atoms with Crippen molar-refractivity contribution in [3.8, 4) is 5.75 Å². The predicted molar refractivity (Wildman–Crippen MR) is 112 cm³/mol. The number of likely N-dealkylation sites (tertiary alicyclic amines) is 1. The van der Waals surface area contributed by atoms with Crippen LogP contribution in [0, 0.1) is 6.92 Å². The van der Waals surface area contributed by atoms with Crippen molar-refractivity contribution in [3.05, 3.63) is 64.7 Å². The Morgan fingerprint density at radius 3 is 2.57 bits per heavy atom. The van der Waals surface area contributed by atoms with Gasteiger partial charge in [-0.2, -0.15) is 0 Å². The van der Waals surface area contributed by atoms with Crippen LogP contribution < -0.4 is 10.1 Å². The molecule has 0 aromatic heterocycles. The van der Waals surface area contributed by atoms with Gasteiger partial charge in [-0.1, -0.05) is 24.3 Å². The largest absolute Gasteiger partial charge is 0.487 e. The Labute approximate surface area is 167 Å². The minimum atomic E-state index is -0.307. The van der Waals surface area contributed by atoms with E-state index in [-0.39, 0.29) is 17.6 Å². The molecule has 2 heterocycles. The third-order valence-electron chi connectivity index (χ3n) is 5.75. The maximum absolute atomic E-state index is 12.9. The number of aryl methyl sites for hydroxylation is 1. The van der Waals surface area contributed by atoms with Gasteiger partial charge in [-0.25, -0.2) is 0 Å². The van der Waals surface area contributed by atoms with Gasteiger partial charge in [0.2, 0.25) is 0 Å². The molecule has 0 bridgehead atoms. The zero-order valence-corrected chi connectivity index (χ0v) is 17.1. The Balaban J connectivity index is 1.47. The highest BCUT2D eigenvalue weighted by atomic mass is 16.5. The fourth-order valence-corrected chi connectivity index (χ4v) is 4.29. The Bertz CT molecular complexity index is 851. The van der Waals surface area contributed by atoms with Gasteiger partial charge in [-0.3, -0.25) is 9.69 Å². The van der Waals surface area contributed by atoms with Crippen LogP contribution in [0.5, 0.6) is 5.75 Å². The van der Waals surface area contributed by atoms with E-state index in [2.05, 4.69) is 61.3 Å². The highest BCUT2D eigenvalue weighted by molar-refractivity contribution is 5.94. The molecule has 2 aromatic carbocycles. The number of ether oxygens (including phenoxy) is 1. The second kappa shape index (κ2) is 7.59. The van der Waals surface area contributed by atoms with Crippen molar-refractivity contribution in [2.24, 2.45) is 0 Å². The standard InChI is InChI=1S/C24H30N2O2/c1-17-6-11-20-21(15-24(2,3)28-22(20)14-17)25-23(27)19-9-7-18(8-10-19)16-26-12-4-5-13-26/h6-11,14,21H,4-5,12-13,15-16H2,1-3H3,(H,25,27). The van der Waals surface area contributed by atoms with Crippen LogP contribution in [0.3, 0.4) is 0 Å². The number of nitrogens with zero attached hydrogens (tertiary/aromatic N) is 1. The number of amides is 1. The molecule has 0 saturated carbocycles. The first-order chi connectivity index (χ1) is 13.4. The Hall–Kier alpha value is -2.33. The molecule has 1 atom stereocenters. The third-order valence-corrected chi connectivity index (χ3v) is 5.75. The molecular weight excluding hydrogens is 348 g/mol. The lowest BCUT2D eigenvalue weighted by Crippen LogP contribution is -2.41. The van der Waals surface area contributed by atoms with Crippen molar-refractivity contribution in [1.29, 1.82) is 0 Å². The lowest BCUT2D eigenvalue weighted by molar-refractivity contribution is 0.0619. The average Bonchev–Trinajstić information content (AvgIpc) is 3.14. The van der Waals surface area contributed by atoms with Gasteiger partial charge in [0.1, 0.15) is 11.4 Å². The van der Waals surface area contributed by atoms with E-state index in [0.29, 0.717) is 5.56 Å². The van der Waals surface area contributed by atoms with Crippen molar-refractivity contribution in [2.45, 2.75) is 58.2 Å². The molecule has 28 heavy (non-hydrogen) atoms. The molecule has 1 unspecified atom stereocenters. The number of nitrogens with one attached hydrogen (secondary N) is 1. The number of hydrogen-bond acceptors (Lipinski definition) is 3. The number of benzene rings is 2. The summed E-state index contributed by atoms with van der Waals surface area (Å²) in [5.74, 6) is 0.851. The Morgan fingerprint density at radius 2 is 1.86 bits per heavy atom. The maximum atomic E-state index is 12.9. The molecule has 4 heteroatoms. The van der Waals surface area contributed by atoms with Crippen LogP contribution in [-0.4, -0.2) is 29.5 Å². The summed E-state index contributed by atoms with van der Waals surface area (Å²) in [5.41, 5.74) is 3.90. The van der Waals surface area contributed by atoms with E-state index in [0.717, 1.165) is 29.8 Å². The van der Waals surface area contributed by atoms with Gasteiger partial charge >= 0.3 is 0 Å². The summed E-state index contributed by atoms with van der Waals surface area (Å²) in [6, 6.07) is 14.2. The van der Waals surface area contributed by atoms with Gasteiger partial charge < -0.3 is 10.1 Å². The van der Waals surface area contributed by atoms with E-state index < -0.39 is 0 Å². The molecule has 0 aliphatic carbocycles. The Morgan fingerprint density at radius 1 is 1.14 bits per heavy atom. The maximum Gasteiger partial charge on any atom is 0.251 e. The topological polar surface area (TPSA) is 41.6 Å². The first-order valence-electron chi connectivity index (χ1n) is 10.3. The van der Waals surface area contributed by atoms with E-state index in [1.807, 2.05) is 12.1 Å². The minimum Gasteiger partial charge on any atom is -0.487 e. The van der Waals surface area contributed by atoms with Crippen LogP contribution in [-0.2, 0) is 6.54 Å². The number of rotatable bonds is 4. The molecule has 4 rings (SSSR count). The smallest absolute Gasteiger partial charge is 0.251 e. The highest BCUT2D eigenvalue weighted by Gasteiger charge is 2.34. The monoisotopic (exact) mass is 378 g/mol. The quantitative estimate of drug-likeness (QED) is 0.844. The van der Waals surface area contributed by atoms with Crippen molar-refractivity contribution in [2.75, 3.05) is 13.1 Å². The molecule has 4 nitrogen and oxygen atoms in total. The van der Waals surface area contributed by atoms with Gasteiger partial charge in [-0.05, 0) is 76.0 Å². The molecule has 148 valence electrons. The SMILES string of the molecule is Cc1ccc2c(c1)OC(C)(C)CC2NC(=O)c1ccc(CN2CCCC2)cc1. The summed E-state index contributed by atoms with van der Waals surface area (Å²) >= 11 is 0. The van der Waals surface area contributed by atoms with E-state index in [4.69, 9.17) is 4.74 Å². The molecule has 2 aliphatic heterocycles. The fraction of sp³-hybridized carbons (Fsp3) is 0.458. The first-order valence-corrected chi connectivity index (χ1v) is 10.3. The van der Waals surface area contributed by atoms with Crippen LogP contribution >= 0.6 is 0 Å². The zero-order valence-electron chi connectivity index (χ0n) is 17.1. The Kier molecular flexibility index (Phi) is 5.15.